The number of halogens is 2. The number of urea groups is 1. The molecule has 0 aromatic heterocycles. The Morgan fingerprint density at radius 3 is 2.35 bits per heavy atom. The van der Waals surface area contributed by atoms with Crippen molar-refractivity contribution in [1.29, 1.82) is 0 Å². The number of nitrogens with two attached hydrogens (primary N) is 1. The van der Waals surface area contributed by atoms with E-state index in [0.29, 0.717) is 0 Å². The van der Waals surface area contributed by atoms with Crippen molar-refractivity contribution >= 4 is 17.9 Å². The maximum Gasteiger partial charge on any atom is 0.349 e. The number of amides is 3. The molecule has 0 aliphatic rings. The first-order valence-electron chi connectivity index (χ1n) is 6.75. The molecule has 0 spiro atoms. The van der Waals surface area contributed by atoms with E-state index in [-0.39, 0.29) is 19.4 Å². The fourth-order valence-electron chi connectivity index (χ4n) is 1.80. The lowest BCUT2D eigenvalue weighted by atomic mass is 10.1. The van der Waals surface area contributed by atoms with Crippen LogP contribution >= 0.6 is 0 Å². The van der Waals surface area contributed by atoms with Crippen molar-refractivity contribution in [2.75, 3.05) is 6.54 Å². The van der Waals surface area contributed by atoms with E-state index in [1.54, 1.807) is 0 Å². The normalized spacial score (nSPS) is 12.3. The molecule has 0 bridgehead atoms. The molecule has 0 heterocycles. The molecule has 0 aliphatic heterocycles. The summed E-state index contributed by atoms with van der Waals surface area (Å²) in [5.74, 6) is -6.99. The van der Waals surface area contributed by atoms with Gasteiger partial charge in [-0.3, -0.25) is 4.79 Å². The van der Waals surface area contributed by atoms with Crippen molar-refractivity contribution < 1.29 is 28.3 Å². The molecular formula is C14H17F2N3O4. The van der Waals surface area contributed by atoms with E-state index in [9.17, 15) is 23.2 Å². The molecule has 1 aromatic rings. The minimum absolute atomic E-state index is 0.0735. The van der Waals surface area contributed by atoms with Crippen LogP contribution in [0.15, 0.2) is 30.3 Å². The van der Waals surface area contributed by atoms with Crippen molar-refractivity contribution in [2.24, 2.45) is 5.73 Å². The highest BCUT2D eigenvalue weighted by Crippen LogP contribution is 2.28. The zero-order chi connectivity index (χ0) is 17.5. The number of aliphatic carboxylic acids is 1. The average molecular weight is 329 g/mol. The molecule has 0 radical (unpaired) electrons. The van der Waals surface area contributed by atoms with Crippen LogP contribution in [0.2, 0.25) is 0 Å². The number of rotatable bonds is 8. The van der Waals surface area contributed by atoms with Gasteiger partial charge in [-0.25, -0.2) is 9.59 Å². The number of nitrogens with one attached hydrogen (secondary N) is 2. The van der Waals surface area contributed by atoms with Crippen LogP contribution in [0.5, 0.6) is 0 Å². The number of carbonyl (C=O) groups excluding carboxylic acids is 2. The summed E-state index contributed by atoms with van der Waals surface area (Å²) in [6, 6.07) is 4.09. The summed E-state index contributed by atoms with van der Waals surface area (Å²) in [5, 5.41) is 13.0. The van der Waals surface area contributed by atoms with E-state index in [1.165, 1.54) is 18.2 Å². The third kappa shape index (κ3) is 5.53. The molecule has 23 heavy (non-hydrogen) atoms. The molecule has 3 amide bonds. The van der Waals surface area contributed by atoms with Gasteiger partial charge >= 0.3 is 17.9 Å². The van der Waals surface area contributed by atoms with Gasteiger partial charge in [0.2, 0.25) is 0 Å². The quantitative estimate of drug-likeness (QED) is 0.527. The lowest BCUT2D eigenvalue weighted by molar-refractivity contribution is -0.152. The second kappa shape index (κ2) is 8.06. The standard InChI is InChI=1S/C14H17F2N3O4/c15-14(16,9-5-2-1-3-6-9)12(22)19-10(11(20)21)7-4-8-18-13(17)23/h1-3,5-6,10H,4,7-8H2,(H,19,22)(H,20,21)(H3,17,18,23)/t10-/m0/s1. The molecule has 126 valence electrons. The van der Waals surface area contributed by atoms with Gasteiger partial charge in [-0.1, -0.05) is 30.3 Å². The Labute approximate surface area is 130 Å². The number of carboxylic acids is 1. The maximum absolute atomic E-state index is 14.0. The van der Waals surface area contributed by atoms with Crippen LogP contribution in [0.1, 0.15) is 18.4 Å². The smallest absolute Gasteiger partial charge is 0.349 e. The molecule has 1 atom stereocenters. The van der Waals surface area contributed by atoms with Gasteiger partial charge in [0, 0.05) is 12.1 Å². The highest BCUT2D eigenvalue weighted by Gasteiger charge is 2.42. The Kier molecular flexibility index (Phi) is 6.43. The Bertz CT molecular complexity index is 566. The Balaban J connectivity index is 2.66. The van der Waals surface area contributed by atoms with Crippen molar-refractivity contribution in [3.63, 3.8) is 0 Å². The summed E-state index contributed by atoms with van der Waals surface area (Å²) in [6.07, 6.45) is 0.0172. The Morgan fingerprint density at radius 1 is 1.22 bits per heavy atom. The van der Waals surface area contributed by atoms with E-state index in [2.05, 4.69) is 5.32 Å². The Morgan fingerprint density at radius 2 is 1.83 bits per heavy atom. The van der Waals surface area contributed by atoms with Gasteiger partial charge in [-0.05, 0) is 12.8 Å². The van der Waals surface area contributed by atoms with Crippen LogP contribution < -0.4 is 16.4 Å². The van der Waals surface area contributed by atoms with Gasteiger partial charge < -0.3 is 21.5 Å². The fourth-order valence-corrected chi connectivity index (χ4v) is 1.80. The molecule has 7 nitrogen and oxygen atoms in total. The third-order valence-electron chi connectivity index (χ3n) is 2.99. The molecule has 5 N–H and O–H groups in total. The highest BCUT2D eigenvalue weighted by molar-refractivity contribution is 5.88. The molecular weight excluding hydrogens is 312 g/mol. The zero-order valence-electron chi connectivity index (χ0n) is 12.1. The molecule has 1 rings (SSSR count). The molecule has 0 fully saturated rings. The van der Waals surface area contributed by atoms with Gasteiger partial charge in [-0.15, -0.1) is 0 Å². The van der Waals surface area contributed by atoms with Crippen LogP contribution in [0.4, 0.5) is 13.6 Å². The summed E-state index contributed by atoms with van der Waals surface area (Å²) >= 11 is 0. The number of hydrogen-bond donors (Lipinski definition) is 4. The first-order chi connectivity index (χ1) is 10.7. The minimum Gasteiger partial charge on any atom is -0.480 e. The van der Waals surface area contributed by atoms with Crippen LogP contribution in [-0.2, 0) is 15.5 Å². The third-order valence-corrected chi connectivity index (χ3v) is 2.99. The first kappa shape index (κ1) is 18.3. The Hall–Kier alpha value is -2.71. The van der Waals surface area contributed by atoms with Gasteiger partial charge in [-0.2, -0.15) is 8.78 Å². The van der Waals surface area contributed by atoms with Gasteiger partial charge in [0.05, 0.1) is 0 Å². The summed E-state index contributed by atoms with van der Waals surface area (Å²) in [5.41, 5.74) is 4.31. The molecule has 0 unspecified atom stereocenters. The number of primary amides is 1. The average Bonchev–Trinajstić information content (AvgIpc) is 2.50. The molecule has 1 aromatic carbocycles. The first-order valence-corrected chi connectivity index (χ1v) is 6.75. The molecule has 0 saturated carbocycles. The van der Waals surface area contributed by atoms with Crippen LogP contribution in [0.25, 0.3) is 0 Å². The van der Waals surface area contributed by atoms with Crippen LogP contribution in [-0.4, -0.2) is 35.6 Å². The topological polar surface area (TPSA) is 122 Å². The monoisotopic (exact) mass is 329 g/mol. The van der Waals surface area contributed by atoms with E-state index < -0.39 is 35.4 Å². The summed E-state index contributed by atoms with van der Waals surface area (Å²) in [6.45, 7) is 0.0735. The van der Waals surface area contributed by atoms with Gasteiger partial charge in [0.15, 0.2) is 0 Å². The lowest BCUT2D eigenvalue weighted by Crippen LogP contribution is -2.47. The van der Waals surface area contributed by atoms with Crippen LogP contribution in [0, 0.1) is 0 Å². The van der Waals surface area contributed by atoms with E-state index in [4.69, 9.17) is 10.8 Å². The van der Waals surface area contributed by atoms with Crippen molar-refractivity contribution in [1.82, 2.24) is 10.6 Å². The molecule has 0 aliphatic carbocycles. The second-order valence-electron chi connectivity index (χ2n) is 4.74. The predicted octanol–water partition coefficient (Wildman–Crippen LogP) is 0.796. The van der Waals surface area contributed by atoms with Crippen molar-refractivity contribution in [3.05, 3.63) is 35.9 Å². The number of carboxylic acid groups (broad SMARTS) is 1. The summed E-state index contributed by atoms with van der Waals surface area (Å²) in [7, 11) is 0. The van der Waals surface area contributed by atoms with Gasteiger partial charge in [0.25, 0.3) is 5.91 Å². The summed E-state index contributed by atoms with van der Waals surface area (Å²) < 4.78 is 28.0. The largest absolute Gasteiger partial charge is 0.480 e. The SMILES string of the molecule is NC(=O)NCCC[C@H](NC(=O)C(F)(F)c1ccccc1)C(=O)O. The van der Waals surface area contributed by atoms with E-state index in [1.807, 2.05) is 5.32 Å². The number of carbonyl (C=O) groups is 3. The predicted molar refractivity (Wildman–Crippen MR) is 76.7 cm³/mol. The molecule has 0 saturated heterocycles. The van der Waals surface area contributed by atoms with E-state index >= 15 is 0 Å². The highest BCUT2D eigenvalue weighted by atomic mass is 19.3. The van der Waals surface area contributed by atoms with Crippen molar-refractivity contribution in [2.45, 2.75) is 24.8 Å². The maximum atomic E-state index is 14.0. The number of hydrogen-bond acceptors (Lipinski definition) is 3. The van der Waals surface area contributed by atoms with Gasteiger partial charge in [0.1, 0.15) is 6.04 Å². The summed E-state index contributed by atoms with van der Waals surface area (Å²) in [4.78, 5) is 33.2. The van der Waals surface area contributed by atoms with Crippen LogP contribution in [0.3, 0.4) is 0 Å². The number of alkyl halides is 2. The zero-order valence-corrected chi connectivity index (χ0v) is 12.1. The molecule has 9 heteroatoms. The lowest BCUT2D eigenvalue weighted by Gasteiger charge is -2.20. The second-order valence-corrected chi connectivity index (χ2v) is 4.74. The van der Waals surface area contributed by atoms with Crippen molar-refractivity contribution in [3.8, 4) is 0 Å². The van der Waals surface area contributed by atoms with E-state index in [0.717, 1.165) is 12.1 Å². The minimum atomic E-state index is -3.85. The number of benzene rings is 1. The fraction of sp³-hybridized carbons (Fsp3) is 0.357.